The summed E-state index contributed by atoms with van der Waals surface area (Å²) < 4.78 is 10.7. The van der Waals surface area contributed by atoms with E-state index in [0.717, 1.165) is 17.0 Å². The zero-order valence-electron chi connectivity index (χ0n) is 14.1. The number of rotatable bonds is 7. The van der Waals surface area contributed by atoms with E-state index in [0.29, 0.717) is 24.1 Å². The lowest BCUT2D eigenvalue weighted by molar-refractivity contribution is 0.410. The van der Waals surface area contributed by atoms with Crippen molar-refractivity contribution in [1.29, 1.82) is 0 Å². The summed E-state index contributed by atoms with van der Waals surface area (Å²) in [6.45, 7) is 0.566. The molecule has 0 bridgehead atoms. The minimum Gasteiger partial charge on any atom is -0.496 e. The molecule has 7 nitrogen and oxygen atoms in total. The van der Waals surface area contributed by atoms with Crippen LogP contribution in [0, 0.1) is 0 Å². The van der Waals surface area contributed by atoms with Crippen molar-refractivity contribution in [2.75, 3.05) is 24.9 Å². The first-order valence-corrected chi connectivity index (χ1v) is 7.75. The van der Waals surface area contributed by atoms with Crippen molar-refractivity contribution < 1.29 is 9.47 Å². The average molecular weight is 337 g/mol. The van der Waals surface area contributed by atoms with Gasteiger partial charge < -0.3 is 20.1 Å². The number of nitrogens with zero attached hydrogens (tertiary/aromatic N) is 3. The summed E-state index contributed by atoms with van der Waals surface area (Å²) in [6.07, 6.45) is 1.57. The van der Waals surface area contributed by atoms with Crippen LogP contribution in [-0.2, 0) is 6.54 Å². The van der Waals surface area contributed by atoms with E-state index >= 15 is 0 Å². The monoisotopic (exact) mass is 337 g/mol. The summed E-state index contributed by atoms with van der Waals surface area (Å²) in [5.74, 6) is 2.52. The van der Waals surface area contributed by atoms with Gasteiger partial charge in [-0.05, 0) is 18.2 Å². The first-order valence-electron chi connectivity index (χ1n) is 7.75. The van der Waals surface area contributed by atoms with Crippen molar-refractivity contribution in [2.24, 2.45) is 0 Å². The number of anilines is 3. The van der Waals surface area contributed by atoms with E-state index in [1.54, 1.807) is 20.4 Å². The molecule has 0 saturated carbocycles. The molecule has 0 radical (unpaired) electrons. The highest BCUT2D eigenvalue weighted by Gasteiger charge is 2.06. The normalized spacial score (nSPS) is 10.2. The lowest BCUT2D eigenvalue weighted by Crippen LogP contribution is -2.06. The molecule has 128 valence electrons. The SMILES string of the molecule is COc1ccccc1CNc1cnnc(Nc2ccccc2OC)n1. The fourth-order valence-corrected chi connectivity index (χ4v) is 2.34. The number of para-hydroxylation sites is 3. The first-order chi connectivity index (χ1) is 12.3. The predicted molar refractivity (Wildman–Crippen MR) is 96.4 cm³/mol. The number of methoxy groups -OCH3 is 2. The van der Waals surface area contributed by atoms with E-state index in [-0.39, 0.29) is 0 Å². The molecule has 0 aliphatic heterocycles. The third-order valence-corrected chi connectivity index (χ3v) is 3.56. The summed E-state index contributed by atoms with van der Waals surface area (Å²) in [6, 6.07) is 15.4. The van der Waals surface area contributed by atoms with Crippen LogP contribution in [0.3, 0.4) is 0 Å². The molecular formula is C18H19N5O2. The maximum atomic E-state index is 5.35. The smallest absolute Gasteiger partial charge is 0.249 e. The van der Waals surface area contributed by atoms with Gasteiger partial charge in [-0.2, -0.15) is 10.1 Å². The highest BCUT2D eigenvalue weighted by atomic mass is 16.5. The number of ether oxygens (including phenoxy) is 2. The molecule has 0 spiro atoms. The Labute approximate surface area is 146 Å². The van der Waals surface area contributed by atoms with Gasteiger partial charge in [-0.25, -0.2) is 0 Å². The molecule has 3 aromatic rings. The van der Waals surface area contributed by atoms with Gasteiger partial charge in [0.05, 0.1) is 26.1 Å². The zero-order valence-corrected chi connectivity index (χ0v) is 14.1. The molecule has 7 heteroatoms. The highest BCUT2D eigenvalue weighted by Crippen LogP contribution is 2.25. The van der Waals surface area contributed by atoms with Gasteiger partial charge in [-0.3, -0.25) is 0 Å². The Kier molecular flexibility index (Phi) is 5.26. The predicted octanol–water partition coefficient (Wildman–Crippen LogP) is 3.24. The van der Waals surface area contributed by atoms with Gasteiger partial charge in [-0.15, -0.1) is 5.10 Å². The molecule has 25 heavy (non-hydrogen) atoms. The third kappa shape index (κ3) is 4.14. The molecule has 1 aromatic heterocycles. The topological polar surface area (TPSA) is 81.2 Å². The Bertz CT molecular complexity index is 841. The Morgan fingerprint density at radius 2 is 1.64 bits per heavy atom. The van der Waals surface area contributed by atoms with Crippen molar-refractivity contribution >= 4 is 17.5 Å². The van der Waals surface area contributed by atoms with Crippen LogP contribution >= 0.6 is 0 Å². The van der Waals surface area contributed by atoms with Crippen LogP contribution in [0.2, 0.25) is 0 Å². The second-order valence-electron chi connectivity index (χ2n) is 5.16. The van der Waals surface area contributed by atoms with E-state index in [1.807, 2.05) is 48.5 Å². The molecule has 0 saturated heterocycles. The molecule has 0 aliphatic rings. The number of nitrogens with one attached hydrogen (secondary N) is 2. The molecule has 1 heterocycles. The highest BCUT2D eigenvalue weighted by molar-refractivity contribution is 5.62. The summed E-state index contributed by atoms with van der Waals surface area (Å²) in [5, 5.41) is 14.3. The second-order valence-corrected chi connectivity index (χ2v) is 5.16. The Morgan fingerprint density at radius 3 is 2.44 bits per heavy atom. The van der Waals surface area contributed by atoms with Gasteiger partial charge in [0.15, 0.2) is 5.82 Å². The van der Waals surface area contributed by atoms with Crippen LogP contribution in [0.15, 0.2) is 54.7 Å². The van der Waals surface area contributed by atoms with Gasteiger partial charge in [0.25, 0.3) is 0 Å². The van der Waals surface area contributed by atoms with Crippen LogP contribution < -0.4 is 20.1 Å². The number of hydrogen-bond donors (Lipinski definition) is 2. The molecule has 0 fully saturated rings. The van der Waals surface area contributed by atoms with Crippen molar-refractivity contribution in [2.45, 2.75) is 6.54 Å². The van der Waals surface area contributed by atoms with Gasteiger partial charge in [-0.1, -0.05) is 30.3 Å². The summed E-state index contributed by atoms with van der Waals surface area (Å²) >= 11 is 0. The van der Waals surface area contributed by atoms with Crippen molar-refractivity contribution in [3.05, 3.63) is 60.3 Å². The lowest BCUT2D eigenvalue weighted by atomic mass is 10.2. The maximum Gasteiger partial charge on any atom is 0.249 e. The Balaban J connectivity index is 1.71. The Hall–Kier alpha value is -3.35. The van der Waals surface area contributed by atoms with Gasteiger partial charge in [0, 0.05) is 12.1 Å². The molecule has 2 N–H and O–H groups in total. The maximum absolute atomic E-state index is 5.35. The largest absolute Gasteiger partial charge is 0.496 e. The molecule has 0 unspecified atom stereocenters. The molecule has 0 amide bonds. The van der Waals surface area contributed by atoms with E-state index < -0.39 is 0 Å². The van der Waals surface area contributed by atoms with E-state index in [2.05, 4.69) is 25.8 Å². The quantitative estimate of drug-likeness (QED) is 0.685. The summed E-state index contributed by atoms with van der Waals surface area (Å²) in [4.78, 5) is 4.42. The number of aromatic nitrogens is 3. The van der Waals surface area contributed by atoms with E-state index in [4.69, 9.17) is 9.47 Å². The molecule has 0 aliphatic carbocycles. The second kappa shape index (κ2) is 7.96. The average Bonchev–Trinajstić information content (AvgIpc) is 2.67. The fourth-order valence-electron chi connectivity index (χ4n) is 2.34. The van der Waals surface area contributed by atoms with Gasteiger partial charge in [0.2, 0.25) is 5.95 Å². The van der Waals surface area contributed by atoms with Crippen LogP contribution in [-0.4, -0.2) is 29.4 Å². The van der Waals surface area contributed by atoms with E-state index in [1.165, 1.54) is 0 Å². The third-order valence-electron chi connectivity index (χ3n) is 3.56. The van der Waals surface area contributed by atoms with Crippen molar-refractivity contribution in [3.8, 4) is 11.5 Å². The first kappa shape index (κ1) is 16.5. The molecule has 3 rings (SSSR count). The molecule has 2 aromatic carbocycles. The van der Waals surface area contributed by atoms with E-state index in [9.17, 15) is 0 Å². The molecule has 0 atom stereocenters. The number of benzene rings is 2. The Morgan fingerprint density at radius 1 is 0.920 bits per heavy atom. The van der Waals surface area contributed by atoms with Crippen LogP contribution in [0.4, 0.5) is 17.5 Å². The lowest BCUT2D eigenvalue weighted by Gasteiger charge is -2.11. The van der Waals surface area contributed by atoms with Crippen molar-refractivity contribution in [3.63, 3.8) is 0 Å². The van der Waals surface area contributed by atoms with Crippen LogP contribution in [0.1, 0.15) is 5.56 Å². The summed E-state index contributed by atoms with van der Waals surface area (Å²) in [5.41, 5.74) is 1.80. The fraction of sp³-hybridized carbons (Fsp3) is 0.167. The minimum absolute atomic E-state index is 0.384. The standard InChI is InChI=1S/C18H19N5O2/c1-24-15-9-5-3-7-13(15)11-19-17-12-20-23-18(22-17)21-14-8-4-6-10-16(14)25-2/h3-10,12H,11H2,1-2H3,(H2,19,21,22,23). The zero-order chi connectivity index (χ0) is 17.5. The van der Waals surface area contributed by atoms with Crippen LogP contribution in [0.5, 0.6) is 11.5 Å². The summed E-state index contributed by atoms with van der Waals surface area (Å²) in [7, 11) is 3.27. The number of hydrogen-bond acceptors (Lipinski definition) is 7. The van der Waals surface area contributed by atoms with Crippen LogP contribution in [0.25, 0.3) is 0 Å². The van der Waals surface area contributed by atoms with Gasteiger partial charge in [0.1, 0.15) is 11.5 Å². The minimum atomic E-state index is 0.384. The van der Waals surface area contributed by atoms with Gasteiger partial charge >= 0.3 is 0 Å². The van der Waals surface area contributed by atoms with Crippen molar-refractivity contribution in [1.82, 2.24) is 15.2 Å². The molecular weight excluding hydrogens is 318 g/mol.